The Morgan fingerprint density at radius 1 is 0.771 bits per heavy atom. The lowest BCUT2D eigenvalue weighted by Crippen LogP contribution is -2.26. The Hall–Kier alpha value is -4.16. The van der Waals surface area contributed by atoms with Crippen LogP contribution in [0.25, 0.3) is 10.8 Å². The van der Waals surface area contributed by atoms with Crippen LogP contribution in [-0.4, -0.2) is 63.7 Å². The fraction of sp³-hybridized carbons (Fsp3) is 0.472. The maximum absolute atomic E-state index is 13.2. The number of hydrogen-bond donors (Lipinski definition) is 4. The maximum atomic E-state index is 13.2. The van der Waals surface area contributed by atoms with Crippen LogP contribution in [0.3, 0.4) is 0 Å². The smallest absolute Gasteiger partial charge is 0.241 e. The first kappa shape index (κ1) is 35.2. The highest BCUT2D eigenvalue weighted by molar-refractivity contribution is 7.89. The number of nitrogens with zero attached hydrogens (tertiary/aromatic N) is 4. The number of nitrogens with one attached hydrogen (secondary N) is 4. The van der Waals surface area contributed by atoms with Crippen molar-refractivity contribution in [1.29, 1.82) is 0 Å². The molecule has 1 aliphatic carbocycles. The third-order valence-electron chi connectivity index (χ3n) is 8.90. The van der Waals surface area contributed by atoms with Gasteiger partial charge in [0, 0.05) is 56.2 Å². The number of unbranched alkanes of at least 4 members (excludes halogenated alkanes) is 3. The SMILES string of the molecule is COc1ccc(CNc2nc(NCCCCCCNS(=O)(=O)c3cccc4c(N(C)C)cccc34)nc(NC3CCC(C)CC3)n2)cc1. The van der Waals surface area contributed by atoms with E-state index in [-0.39, 0.29) is 0 Å². The molecule has 1 aliphatic rings. The van der Waals surface area contributed by atoms with Gasteiger partial charge in [-0.3, -0.25) is 0 Å². The van der Waals surface area contributed by atoms with Crippen molar-refractivity contribution in [3.8, 4) is 5.75 Å². The van der Waals surface area contributed by atoms with Crippen LogP contribution in [0.5, 0.6) is 5.75 Å². The number of sulfonamides is 1. The molecule has 0 bridgehead atoms. The van der Waals surface area contributed by atoms with Gasteiger partial charge in [-0.2, -0.15) is 15.0 Å². The third-order valence-corrected chi connectivity index (χ3v) is 10.4. The van der Waals surface area contributed by atoms with E-state index in [0.29, 0.717) is 48.4 Å². The van der Waals surface area contributed by atoms with Gasteiger partial charge >= 0.3 is 0 Å². The van der Waals surface area contributed by atoms with Crippen LogP contribution in [0.1, 0.15) is 63.9 Å². The molecular formula is C36H50N8O3S. The molecular weight excluding hydrogens is 625 g/mol. The number of aromatic nitrogens is 3. The first-order chi connectivity index (χ1) is 23.2. The molecule has 0 aliphatic heterocycles. The van der Waals surface area contributed by atoms with Crippen LogP contribution >= 0.6 is 0 Å². The molecule has 1 saturated carbocycles. The summed E-state index contributed by atoms with van der Waals surface area (Å²) in [5.41, 5.74) is 2.09. The summed E-state index contributed by atoms with van der Waals surface area (Å²) in [6.07, 6.45) is 8.16. The van der Waals surface area contributed by atoms with Crippen LogP contribution in [0.4, 0.5) is 23.5 Å². The van der Waals surface area contributed by atoms with Crippen LogP contribution in [0, 0.1) is 5.92 Å². The van der Waals surface area contributed by atoms with Crippen molar-refractivity contribution in [3.63, 3.8) is 0 Å². The van der Waals surface area contributed by atoms with Crippen molar-refractivity contribution in [1.82, 2.24) is 19.7 Å². The summed E-state index contributed by atoms with van der Waals surface area (Å²) in [5, 5.41) is 11.9. The van der Waals surface area contributed by atoms with Crippen LogP contribution in [0.15, 0.2) is 65.6 Å². The normalized spacial score (nSPS) is 16.4. The van der Waals surface area contributed by atoms with E-state index in [1.807, 2.05) is 67.5 Å². The highest BCUT2D eigenvalue weighted by atomic mass is 32.2. The lowest BCUT2D eigenvalue weighted by atomic mass is 9.87. The number of rotatable bonds is 17. The first-order valence-corrected chi connectivity index (χ1v) is 18.5. The van der Waals surface area contributed by atoms with E-state index in [1.165, 1.54) is 12.8 Å². The number of anilines is 4. The van der Waals surface area contributed by atoms with Gasteiger partial charge in [-0.1, -0.05) is 56.2 Å². The summed E-state index contributed by atoms with van der Waals surface area (Å²) in [7, 11) is 1.95. The topological polar surface area (TPSA) is 133 Å². The van der Waals surface area contributed by atoms with Crippen LogP contribution in [-0.2, 0) is 16.6 Å². The van der Waals surface area contributed by atoms with E-state index in [0.717, 1.165) is 72.2 Å². The number of fused-ring (bicyclic) bond motifs is 1. The fourth-order valence-electron chi connectivity index (χ4n) is 6.09. The molecule has 0 spiro atoms. The molecule has 0 atom stereocenters. The minimum absolute atomic E-state index is 0.315. The lowest BCUT2D eigenvalue weighted by Gasteiger charge is -2.27. The van der Waals surface area contributed by atoms with Gasteiger partial charge < -0.3 is 25.6 Å². The summed E-state index contributed by atoms with van der Waals surface area (Å²) in [5.74, 6) is 3.22. The van der Waals surface area contributed by atoms with Gasteiger partial charge in [-0.25, -0.2) is 13.1 Å². The molecule has 11 nitrogen and oxygen atoms in total. The molecule has 1 fully saturated rings. The molecule has 0 unspecified atom stereocenters. The number of methoxy groups -OCH3 is 1. The predicted octanol–water partition coefficient (Wildman–Crippen LogP) is 6.65. The Balaban J connectivity index is 1.10. The van der Waals surface area contributed by atoms with Crippen molar-refractivity contribution in [2.24, 2.45) is 5.92 Å². The van der Waals surface area contributed by atoms with Gasteiger partial charge in [0.05, 0.1) is 12.0 Å². The second kappa shape index (κ2) is 16.8. The molecule has 4 aromatic rings. The van der Waals surface area contributed by atoms with E-state index in [2.05, 4.69) is 42.5 Å². The summed E-state index contributed by atoms with van der Waals surface area (Å²) < 4.78 is 34.5. The summed E-state index contributed by atoms with van der Waals surface area (Å²) in [6.45, 7) is 3.99. The molecule has 48 heavy (non-hydrogen) atoms. The van der Waals surface area contributed by atoms with Gasteiger partial charge in [0.15, 0.2) is 0 Å². The zero-order valence-corrected chi connectivity index (χ0v) is 29.4. The highest BCUT2D eigenvalue weighted by Gasteiger charge is 2.20. The van der Waals surface area contributed by atoms with E-state index < -0.39 is 10.0 Å². The monoisotopic (exact) mass is 674 g/mol. The Bertz CT molecular complexity index is 1730. The van der Waals surface area contributed by atoms with E-state index >= 15 is 0 Å². The van der Waals surface area contributed by atoms with E-state index in [9.17, 15) is 8.42 Å². The van der Waals surface area contributed by atoms with Crippen molar-refractivity contribution in [3.05, 3.63) is 66.2 Å². The van der Waals surface area contributed by atoms with Gasteiger partial charge in [0.25, 0.3) is 0 Å². The van der Waals surface area contributed by atoms with E-state index in [4.69, 9.17) is 4.74 Å². The largest absolute Gasteiger partial charge is 0.497 e. The number of hydrogen-bond acceptors (Lipinski definition) is 10. The average Bonchev–Trinajstić information content (AvgIpc) is 3.09. The van der Waals surface area contributed by atoms with Crippen molar-refractivity contribution in [2.75, 3.05) is 55.1 Å². The van der Waals surface area contributed by atoms with Gasteiger partial charge in [0.1, 0.15) is 5.75 Å². The average molecular weight is 675 g/mol. The second-order valence-corrected chi connectivity index (χ2v) is 14.6. The Morgan fingerprint density at radius 2 is 1.42 bits per heavy atom. The summed E-state index contributed by atoms with van der Waals surface area (Å²) in [4.78, 5) is 16.3. The molecule has 5 rings (SSSR count). The van der Waals surface area contributed by atoms with E-state index in [1.54, 1.807) is 19.2 Å². The Morgan fingerprint density at radius 3 is 2.12 bits per heavy atom. The lowest BCUT2D eigenvalue weighted by molar-refractivity contribution is 0.360. The molecule has 1 heterocycles. The zero-order valence-electron chi connectivity index (χ0n) is 28.6. The number of benzene rings is 3. The van der Waals surface area contributed by atoms with Gasteiger partial charge in [0.2, 0.25) is 27.9 Å². The molecule has 12 heteroatoms. The summed E-state index contributed by atoms with van der Waals surface area (Å²) in [6, 6.07) is 19.5. The van der Waals surface area contributed by atoms with Crippen LogP contribution in [0.2, 0.25) is 0 Å². The molecule has 0 radical (unpaired) electrons. The molecule has 258 valence electrons. The van der Waals surface area contributed by atoms with Gasteiger partial charge in [-0.15, -0.1) is 0 Å². The second-order valence-electron chi connectivity index (χ2n) is 12.9. The molecule has 0 saturated heterocycles. The first-order valence-electron chi connectivity index (χ1n) is 17.0. The Kier molecular flexibility index (Phi) is 12.3. The quantitative estimate of drug-likeness (QED) is 0.0902. The van der Waals surface area contributed by atoms with Gasteiger partial charge in [-0.05, 0) is 74.3 Å². The minimum Gasteiger partial charge on any atom is -0.497 e. The maximum Gasteiger partial charge on any atom is 0.241 e. The molecule has 4 N–H and O–H groups in total. The Labute approximate surface area is 285 Å². The zero-order chi connectivity index (χ0) is 33.9. The minimum atomic E-state index is -3.63. The van der Waals surface area contributed by atoms with Crippen LogP contribution < -0.4 is 30.3 Å². The summed E-state index contributed by atoms with van der Waals surface area (Å²) >= 11 is 0. The standard InChI is InChI=1S/C36H50N8O3S/c1-26-15-19-28(20-16-26)40-36-42-34(41-35(43-36)38-25-27-17-21-29(47-4)22-18-27)37-23-7-5-6-8-24-39-48(45,46)33-14-10-11-30-31(33)12-9-13-32(30)44(2)3/h9-14,17-18,21-22,26,28,39H,5-8,15-16,19-20,23-25H2,1-4H3,(H3,37,38,40,41,42,43). The fourth-order valence-corrected chi connectivity index (χ4v) is 7.38. The number of ether oxygens (including phenoxy) is 1. The van der Waals surface area contributed by atoms with Crippen molar-refractivity contribution in [2.45, 2.75) is 75.8 Å². The molecule has 3 aromatic carbocycles. The molecule has 1 aromatic heterocycles. The van der Waals surface area contributed by atoms with Crippen molar-refractivity contribution < 1.29 is 13.2 Å². The molecule has 0 amide bonds. The highest BCUT2D eigenvalue weighted by Crippen LogP contribution is 2.30. The van der Waals surface area contributed by atoms with Crippen molar-refractivity contribution >= 4 is 44.3 Å². The third kappa shape index (κ3) is 9.70. The predicted molar refractivity (Wildman–Crippen MR) is 196 cm³/mol.